The SMILES string of the molecule is CCNC(c1cccc(OCC)c1)C1CC1(C)C. The third-order valence-corrected chi connectivity index (χ3v) is 3.94. The molecular weight excluding hydrogens is 222 g/mol. The molecule has 1 N–H and O–H groups in total. The molecule has 100 valence electrons. The summed E-state index contributed by atoms with van der Waals surface area (Å²) < 4.78 is 5.60. The maximum Gasteiger partial charge on any atom is 0.119 e. The van der Waals surface area contributed by atoms with Crippen molar-refractivity contribution in [1.29, 1.82) is 0 Å². The molecule has 0 spiro atoms. The highest BCUT2D eigenvalue weighted by Crippen LogP contribution is 2.57. The summed E-state index contributed by atoms with van der Waals surface area (Å²) in [7, 11) is 0. The molecule has 1 saturated carbocycles. The lowest BCUT2D eigenvalue weighted by molar-refractivity contribution is 0.338. The number of nitrogens with one attached hydrogen (secondary N) is 1. The monoisotopic (exact) mass is 247 g/mol. The van der Waals surface area contributed by atoms with E-state index in [0.29, 0.717) is 11.5 Å². The van der Waals surface area contributed by atoms with Crippen LogP contribution in [0.5, 0.6) is 5.75 Å². The minimum atomic E-state index is 0.463. The highest BCUT2D eigenvalue weighted by atomic mass is 16.5. The zero-order valence-electron chi connectivity index (χ0n) is 12.0. The summed E-state index contributed by atoms with van der Waals surface area (Å²) >= 11 is 0. The van der Waals surface area contributed by atoms with Crippen LogP contribution in [0.25, 0.3) is 0 Å². The van der Waals surface area contributed by atoms with Crippen LogP contribution in [0.1, 0.15) is 45.7 Å². The normalized spacial score (nSPS) is 22.6. The lowest BCUT2D eigenvalue weighted by atomic mass is 9.97. The van der Waals surface area contributed by atoms with E-state index in [4.69, 9.17) is 4.74 Å². The molecule has 0 aliphatic heterocycles. The van der Waals surface area contributed by atoms with E-state index >= 15 is 0 Å². The Morgan fingerprint density at radius 3 is 2.67 bits per heavy atom. The molecule has 1 fully saturated rings. The first-order valence-electron chi connectivity index (χ1n) is 7.04. The number of ether oxygens (including phenoxy) is 1. The van der Waals surface area contributed by atoms with Gasteiger partial charge in [-0.05, 0) is 48.9 Å². The zero-order valence-corrected chi connectivity index (χ0v) is 12.0. The lowest BCUT2D eigenvalue weighted by Gasteiger charge is -2.21. The average molecular weight is 247 g/mol. The van der Waals surface area contributed by atoms with Crippen molar-refractivity contribution in [2.75, 3.05) is 13.2 Å². The Bertz CT molecular complexity index is 400. The molecule has 0 heterocycles. The molecule has 0 aromatic heterocycles. The molecule has 1 aromatic rings. The van der Waals surface area contributed by atoms with Crippen molar-refractivity contribution in [2.24, 2.45) is 11.3 Å². The van der Waals surface area contributed by atoms with Crippen LogP contribution in [0, 0.1) is 11.3 Å². The second-order valence-corrected chi connectivity index (χ2v) is 5.84. The molecule has 0 amide bonds. The molecule has 1 aromatic carbocycles. The van der Waals surface area contributed by atoms with Crippen molar-refractivity contribution in [1.82, 2.24) is 5.32 Å². The van der Waals surface area contributed by atoms with Gasteiger partial charge in [-0.25, -0.2) is 0 Å². The molecule has 0 radical (unpaired) electrons. The van der Waals surface area contributed by atoms with E-state index in [0.717, 1.165) is 24.8 Å². The van der Waals surface area contributed by atoms with Crippen LogP contribution in [0.2, 0.25) is 0 Å². The molecule has 2 unspecified atom stereocenters. The summed E-state index contributed by atoms with van der Waals surface area (Å²) in [5.41, 5.74) is 1.84. The Morgan fingerprint density at radius 1 is 1.39 bits per heavy atom. The van der Waals surface area contributed by atoms with Crippen LogP contribution < -0.4 is 10.1 Å². The number of rotatable bonds is 6. The van der Waals surface area contributed by atoms with E-state index in [1.807, 2.05) is 13.0 Å². The first-order valence-corrected chi connectivity index (χ1v) is 7.04. The van der Waals surface area contributed by atoms with E-state index in [9.17, 15) is 0 Å². The van der Waals surface area contributed by atoms with Crippen molar-refractivity contribution >= 4 is 0 Å². The second-order valence-electron chi connectivity index (χ2n) is 5.84. The minimum Gasteiger partial charge on any atom is -0.494 e. The molecule has 18 heavy (non-hydrogen) atoms. The average Bonchev–Trinajstić information content (AvgIpc) is 2.96. The van der Waals surface area contributed by atoms with E-state index in [2.05, 4.69) is 44.3 Å². The molecular formula is C16H25NO. The Labute approximate surface area is 111 Å². The van der Waals surface area contributed by atoms with Gasteiger partial charge >= 0.3 is 0 Å². The predicted molar refractivity (Wildman–Crippen MR) is 75.9 cm³/mol. The van der Waals surface area contributed by atoms with Crippen molar-refractivity contribution in [3.8, 4) is 5.75 Å². The summed E-state index contributed by atoms with van der Waals surface area (Å²) in [5.74, 6) is 1.73. The van der Waals surface area contributed by atoms with Gasteiger partial charge in [-0.2, -0.15) is 0 Å². The van der Waals surface area contributed by atoms with E-state index in [-0.39, 0.29) is 0 Å². The quantitative estimate of drug-likeness (QED) is 0.826. The lowest BCUT2D eigenvalue weighted by Crippen LogP contribution is -2.24. The second kappa shape index (κ2) is 5.31. The standard InChI is InChI=1S/C16H25NO/c1-5-17-15(14-11-16(14,3)4)12-8-7-9-13(10-12)18-6-2/h7-10,14-15,17H,5-6,11H2,1-4H3. The van der Waals surface area contributed by atoms with E-state index < -0.39 is 0 Å². The van der Waals surface area contributed by atoms with Crippen LogP contribution >= 0.6 is 0 Å². The molecule has 0 bridgehead atoms. The summed E-state index contributed by atoms with van der Waals surface area (Å²) in [6.45, 7) is 10.6. The van der Waals surface area contributed by atoms with Crippen molar-refractivity contribution in [2.45, 2.75) is 40.2 Å². The summed E-state index contributed by atoms with van der Waals surface area (Å²) in [5, 5.41) is 3.63. The minimum absolute atomic E-state index is 0.463. The molecule has 2 nitrogen and oxygen atoms in total. The first-order chi connectivity index (χ1) is 8.58. The van der Waals surface area contributed by atoms with Gasteiger partial charge in [-0.1, -0.05) is 32.9 Å². The largest absolute Gasteiger partial charge is 0.494 e. The van der Waals surface area contributed by atoms with Gasteiger partial charge in [0.15, 0.2) is 0 Å². The van der Waals surface area contributed by atoms with Crippen LogP contribution in [-0.2, 0) is 0 Å². The Balaban J connectivity index is 2.17. The predicted octanol–water partition coefficient (Wildman–Crippen LogP) is 3.78. The zero-order chi connectivity index (χ0) is 13.2. The number of hydrogen-bond donors (Lipinski definition) is 1. The number of benzene rings is 1. The summed E-state index contributed by atoms with van der Waals surface area (Å²) in [6.07, 6.45) is 1.31. The van der Waals surface area contributed by atoms with Gasteiger partial charge in [0, 0.05) is 6.04 Å². The maximum absolute atomic E-state index is 5.60. The Kier molecular flexibility index (Phi) is 3.96. The molecule has 1 aliphatic carbocycles. The molecule has 0 saturated heterocycles. The third kappa shape index (κ3) is 2.86. The smallest absolute Gasteiger partial charge is 0.119 e. The van der Waals surface area contributed by atoms with Crippen LogP contribution in [-0.4, -0.2) is 13.2 Å². The van der Waals surface area contributed by atoms with Gasteiger partial charge in [-0.3, -0.25) is 0 Å². The Morgan fingerprint density at radius 2 is 2.11 bits per heavy atom. The molecule has 1 aliphatic rings. The van der Waals surface area contributed by atoms with Gasteiger partial charge in [0.25, 0.3) is 0 Å². The van der Waals surface area contributed by atoms with Crippen LogP contribution in [0.4, 0.5) is 0 Å². The van der Waals surface area contributed by atoms with E-state index in [1.165, 1.54) is 12.0 Å². The highest BCUT2D eigenvalue weighted by molar-refractivity contribution is 5.32. The van der Waals surface area contributed by atoms with Gasteiger partial charge in [0.05, 0.1) is 6.61 Å². The molecule has 2 atom stereocenters. The van der Waals surface area contributed by atoms with Crippen molar-refractivity contribution in [3.63, 3.8) is 0 Å². The molecule has 2 rings (SSSR count). The fourth-order valence-electron chi connectivity index (χ4n) is 2.75. The van der Waals surface area contributed by atoms with Crippen LogP contribution in [0.15, 0.2) is 24.3 Å². The maximum atomic E-state index is 5.60. The van der Waals surface area contributed by atoms with Gasteiger partial charge in [0.1, 0.15) is 5.75 Å². The number of hydrogen-bond acceptors (Lipinski definition) is 2. The van der Waals surface area contributed by atoms with Gasteiger partial charge in [0.2, 0.25) is 0 Å². The van der Waals surface area contributed by atoms with E-state index in [1.54, 1.807) is 0 Å². The topological polar surface area (TPSA) is 21.3 Å². The Hall–Kier alpha value is -1.02. The fraction of sp³-hybridized carbons (Fsp3) is 0.625. The summed E-state index contributed by atoms with van der Waals surface area (Å²) in [6, 6.07) is 8.99. The first kappa shape index (κ1) is 13.4. The third-order valence-electron chi connectivity index (χ3n) is 3.94. The van der Waals surface area contributed by atoms with Crippen LogP contribution in [0.3, 0.4) is 0 Å². The van der Waals surface area contributed by atoms with Gasteiger partial charge < -0.3 is 10.1 Å². The summed E-state index contributed by atoms with van der Waals surface area (Å²) in [4.78, 5) is 0. The highest BCUT2D eigenvalue weighted by Gasteiger charge is 2.50. The van der Waals surface area contributed by atoms with Gasteiger partial charge in [-0.15, -0.1) is 0 Å². The fourth-order valence-corrected chi connectivity index (χ4v) is 2.75. The van der Waals surface area contributed by atoms with Crippen molar-refractivity contribution in [3.05, 3.63) is 29.8 Å². The van der Waals surface area contributed by atoms with Crippen molar-refractivity contribution < 1.29 is 4.74 Å². The molecule has 2 heteroatoms.